The molecule has 1 spiro atoms. The Bertz CT molecular complexity index is 1160. The molecule has 0 saturated heterocycles. The van der Waals surface area contributed by atoms with Crippen LogP contribution in [0.4, 0.5) is 0 Å². The van der Waals surface area contributed by atoms with Crippen molar-refractivity contribution >= 4 is 5.57 Å². The second-order valence-electron chi connectivity index (χ2n) is 7.53. The van der Waals surface area contributed by atoms with Crippen LogP contribution in [0.3, 0.4) is 0 Å². The number of rotatable bonds is 0. The van der Waals surface area contributed by atoms with Crippen molar-refractivity contribution in [2.24, 2.45) is 5.73 Å². The predicted octanol–water partition coefficient (Wildman–Crippen LogP) is 5.57. The predicted molar refractivity (Wildman–Crippen MR) is 111 cm³/mol. The molecule has 0 saturated carbocycles. The average Bonchev–Trinajstić information content (AvgIpc) is 3.08. The second-order valence-corrected chi connectivity index (χ2v) is 7.53. The Morgan fingerprint density at radius 3 is 1.78 bits per heavy atom. The first-order valence-electron chi connectivity index (χ1n) is 9.48. The summed E-state index contributed by atoms with van der Waals surface area (Å²) in [6, 6.07) is 26.6. The van der Waals surface area contributed by atoms with Gasteiger partial charge >= 0.3 is 0 Å². The van der Waals surface area contributed by atoms with E-state index >= 15 is 0 Å². The lowest BCUT2D eigenvalue weighted by molar-refractivity contribution is 0.795. The number of nitrogens with two attached hydrogens (primary N) is 1. The number of fused-ring (bicyclic) bond motifs is 10. The van der Waals surface area contributed by atoms with Gasteiger partial charge < -0.3 is 5.73 Å². The molecule has 3 aliphatic carbocycles. The summed E-state index contributed by atoms with van der Waals surface area (Å²) >= 11 is 0. The number of hydrogen-bond acceptors (Lipinski definition) is 1. The second kappa shape index (κ2) is 5.11. The Balaban J connectivity index is 1.83. The van der Waals surface area contributed by atoms with E-state index in [1.807, 2.05) is 0 Å². The molecule has 0 atom stereocenters. The molecule has 3 aromatic carbocycles. The minimum absolute atomic E-state index is 0.253. The molecule has 0 aliphatic heterocycles. The molecule has 6 rings (SSSR count). The van der Waals surface area contributed by atoms with Gasteiger partial charge in [0.15, 0.2) is 0 Å². The smallest absolute Gasteiger partial charge is 0.0725 e. The van der Waals surface area contributed by atoms with Crippen molar-refractivity contribution in [3.05, 3.63) is 125 Å². The van der Waals surface area contributed by atoms with Gasteiger partial charge in [0.2, 0.25) is 0 Å². The fourth-order valence-electron chi connectivity index (χ4n) is 5.27. The van der Waals surface area contributed by atoms with Gasteiger partial charge in [-0.05, 0) is 50.6 Å². The van der Waals surface area contributed by atoms with Crippen LogP contribution in [0.5, 0.6) is 0 Å². The standard InChI is InChI=1S/C26H19N/c27-17-13-15-21-20-9-3-6-12-24(20)26(25(21)16-14-17)22-10-4-1-7-18(22)19-8-2-5-11-23(19)26/h1-12,14-16H,13,27H2. The molecule has 3 aliphatic rings. The van der Waals surface area contributed by atoms with Gasteiger partial charge in [0.25, 0.3) is 0 Å². The van der Waals surface area contributed by atoms with Crippen molar-refractivity contribution in [2.45, 2.75) is 11.8 Å². The topological polar surface area (TPSA) is 26.0 Å². The highest BCUT2D eigenvalue weighted by Gasteiger charge is 2.52. The van der Waals surface area contributed by atoms with Crippen LogP contribution < -0.4 is 5.73 Å². The third-order valence-electron chi connectivity index (χ3n) is 6.27. The number of benzene rings is 3. The highest BCUT2D eigenvalue weighted by Crippen LogP contribution is 2.63. The lowest BCUT2D eigenvalue weighted by atomic mass is 9.70. The van der Waals surface area contributed by atoms with Crippen LogP contribution in [0.2, 0.25) is 0 Å². The summed E-state index contributed by atoms with van der Waals surface area (Å²) < 4.78 is 0. The van der Waals surface area contributed by atoms with E-state index in [9.17, 15) is 0 Å². The van der Waals surface area contributed by atoms with E-state index in [4.69, 9.17) is 5.73 Å². The largest absolute Gasteiger partial charge is 0.402 e. The molecule has 0 radical (unpaired) electrons. The summed E-state index contributed by atoms with van der Waals surface area (Å²) in [6.07, 6.45) is 7.45. The molecule has 128 valence electrons. The van der Waals surface area contributed by atoms with Crippen molar-refractivity contribution in [1.29, 1.82) is 0 Å². The molecule has 0 unspecified atom stereocenters. The molecular weight excluding hydrogens is 326 g/mol. The van der Waals surface area contributed by atoms with Crippen LogP contribution in [0.15, 0.2) is 102 Å². The number of allylic oxidation sites excluding steroid dienone is 5. The van der Waals surface area contributed by atoms with Gasteiger partial charge in [-0.1, -0.05) is 84.9 Å². The Hall–Kier alpha value is -3.32. The fourth-order valence-corrected chi connectivity index (χ4v) is 5.27. The van der Waals surface area contributed by atoms with Crippen LogP contribution >= 0.6 is 0 Å². The van der Waals surface area contributed by atoms with Gasteiger partial charge in [0.05, 0.1) is 5.41 Å². The minimum atomic E-state index is -0.253. The van der Waals surface area contributed by atoms with E-state index in [0.29, 0.717) is 0 Å². The van der Waals surface area contributed by atoms with E-state index in [0.717, 1.165) is 12.1 Å². The Labute approximate surface area is 159 Å². The Morgan fingerprint density at radius 2 is 1.15 bits per heavy atom. The van der Waals surface area contributed by atoms with Gasteiger partial charge in [-0.2, -0.15) is 0 Å². The van der Waals surface area contributed by atoms with E-state index in [1.54, 1.807) is 0 Å². The minimum Gasteiger partial charge on any atom is -0.402 e. The van der Waals surface area contributed by atoms with Gasteiger partial charge in [0, 0.05) is 12.1 Å². The molecule has 1 heteroatoms. The normalized spacial score (nSPS) is 17.9. The monoisotopic (exact) mass is 345 g/mol. The molecule has 0 heterocycles. The maximum atomic E-state index is 6.21. The first-order valence-corrected chi connectivity index (χ1v) is 9.48. The molecule has 2 N–H and O–H groups in total. The molecule has 27 heavy (non-hydrogen) atoms. The van der Waals surface area contributed by atoms with E-state index in [1.165, 1.54) is 44.5 Å². The Morgan fingerprint density at radius 1 is 0.630 bits per heavy atom. The summed E-state index contributed by atoms with van der Waals surface area (Å²) in [5.41, 5.74) is 17.7. The van der Waals surface area contributed by atoms with E-state index in [2.05, 4.69) is 91.0 Å². The summed E-state index contributed by atoms with van der Waals surface area (Å²) in [7, 11) is 0. The summed E-state index contributed by atoms with van der Waals surface area (Å²) in [4.78, 5) is 0. The first kappa shape index (κ1) is 14.8. The maximum Gasteiger partial charge on any atom is 0.0725 e. The SMILES string of the molecule is NC1=CC=C2C(=CC1)c1ccccc1C21c2ccccc2-c2ccccc21. The van der Waals surface area contributed by atoms with Crippen LogP contribution in [0.25, 0.3) is 16.7 Å². The van der Waals surface area contributed by atoms with Crippen molar-refractivity contribution in [1.82, 2.24) is 0 Å². The number of hydrogen-bond donors (Lipinski definition) is 1. The third kappa shape index (κ3) is 1.69. The van der Waals surface area contributed by atoms with Crippen molar-refractivity contribution < 1.29 is 0 Å². The molecule has 0 bridgehead atoms. The molecule has 3 aromatic rings. The quantitative estimate of drug-likeness (QED) is 0.566. The highest BCUT2D eigenvalue weighted by molar-refractivity contribution is 6.00. The van der Waals surface area contributed by atoms with Crippen LogP contribution in [-0.2, 0) is 5.41 Å². The maximum absolute atomic E-state index is 6.21. The highest BCUT2D eigenvalue weighted by atomic mass is 14.6. The molecule has 0 fully saturated rings. The lowest BCUT2D eigenvalue weighted by Gasteiger charge is -2.30. The third-order valence-corrected chi connectivity index (χ3v) is 6.27. The Kier molecular flexibility index (Phi) is 2.80. The zero-order valence-electron chi connectivity index (χ0n) is 14.9. The van der Waals surface area contributed by atoms with Crippen LogP contribution in [0.1, 0.15) is 28.7 Å². The summed E-state index contributed by atoms with van der Waals surface area (Å²) in [5.74, 6) is 0. The van der Waals surface area contributed by atoms with Crippen LogP contribution in [0, 0.1) is 0 Å². The van der Waals surface area contributed by atoms with Gasteiger partial charge in [0.1, 0.15) is 0 Å². The van der Waals surface area contributed by atoms with Crippen molar-refractivity contribution in [3.8, 4) is 11.1 Å². The van der Waals surface area contributed by atoms with Crippen molar-refractivity contribution in [3.63, 3.8) is 0 Å². The fraction of sp³-hybridized carbons (Fsp3) is 0.0769. The van der Waals surface area contributed by atoms with E-state index in [-0.39, 0.29) is 5.41 Å². The van der Waals surface area contributed by atoms with Crippen molar-refractivity contribution in [2.75, 3.05) is 0 Å². The summed E-state index contributed by atoms with van der Waals surface area (Å²) in [5, 5.41) is 0. The van der Waals surface area contributed by atoms with Crippen LogP contribution in [-0.4, -0.2) is 0 Å². The van der Waals surface area contributed by atoms with Gasteiger partial charge in [-0.15, -0.1) is 0 Å². The van der Waals surface area contributed by atoms with E-state index < -0.39 is 0 Å². The molecule has 0 amide bonds. The summed E-state index contributed by atoms with van der Waals surface area (Å²) in [6.45, 7) is 0. The molecule has 0 aromatic heterocycles. The van der Waals surface area contributed by atoms with Gasteiger partial charge in [-0.3, -0.25) is 0 Å². The zero-order chi connectivity index (χ0) is 18.0. The lowest BCUT2D eigenvalue weighted by Crippen LogP contribution is -2.25. The zero-order valence-corrected chi connectivity index (χ0v) is 14.9. The molecular formula is C26H19N. The average molecular weight is 345 g/mol. The van der Waals surface area contributed by atoms with Gasteiger partial charge in [-0.25, -0.2) is 0 Å². The molecule has 1 nitrogen and oxygen atoms in total. The first-order chi connectivity index (χ1) is 13.3.